The second-order valence-electron chi connectivity index (χ2n) is 3.76. The van der Waals surface area contributed by atoms with E-state index in [1.54, 1.807) is 25.1 Å². The first-order chi connectivity index (χ1) is 8.97. The van der Waals surface area contributed by atoms with Gasteiger partial charge in [0.25, 0.3) is 0 Å². The molecule has 0 heterocycles. The fourth-order valence-electron chi connectivity index (χ4n) is 1.50. The minimum absolute atomic E-state index is 0.0235. The van der Waals surface area contributed by atoms with Crippen LogP contribution in [0.4, 0.5) is 4.79 Å². The van der Waals surface area contributed by atoms with Crippen molar-refractivity contribution in [3.63, 3.8) is 0 Å². The summed E-state index contributed by atoms with van der Waals surface area (Å²) in [5.74, 6) is -1.16. The minimum atomic E-state index is -1.16. The van der Waals surface area contributed by atoms with Gasteiger partial charge in [0.2, 0.25) is 0 Å². The van der Waals surface area contributed by atoms with Crippen molar-refractivity contribution in [2.24, 2.45) is 0 Å². The van der Waals surface area contributed by atoms with E-state index in [0.717, 1.165) is 10.0 Å². The SMILES string of the molecule is C=CCOC(=O)NC(C(=O)O)c1cccc(Br)c1C. The highest BCUT2D eigenvalue weighted by atomic mass is 79.9. The summed E-state index contributed by atoms with van der Waals surface area (Å²) in [7, 11) is 0. The van der Waals surface area contributed by atoms with Gasteiger partial charge in [0.1, 0.15) is 6.61 Å². The van der Waals surface area contributed by atoms with Gasteiger partial charge in [-0.3, -0.25) is 0 Å². The standard InChI is InChI=1S/C13H14BrNO4/c1-3-7-19-13(18)15-11(12(16)17)9-5-4-6-10(14)8(9)2/h3-6,11H,1,7H2,2H3,(H,15,18)(H,16,17). The van der Waals surface area contributed by atoms with Gasteiger partial charge in [-0.2, -0.15) is 0 Å². The monoisotopic (exact) mass is 327 g/mol. The number of hydrogen-bond acceptors (Lipinski definition) is 3. The Bertz CT molecular complexity index is 501. The Morgan fingerprint density at radius 1 is 1.58 bits per heavy atom. The molecule has 1 aromatic carbocycles. The molecule has 1 rings (SSSR count). The molecule has 1 unspecified atom stereocenters. The number of rotatable bonds is 5. The molecule has 1 atom stereocenters. The van der Waals surface area contributed by atoms with Gasteiger partial charge in [-0.1, -0.05) is 40.7 Å². The second-order valence-corrected chi connectivity index (χ2v) is 4.61. The Balaban J connectivity index is 2.95. The van der Waals surface area contributed by atoms with E-state index in [0.29, 0.717) is 5.56 Å². The van der Waals surface area contributed by atoms with Crippen molar-refractivity contribution >= 4 is 28.0 Å². The van der Waals surface area contributed by atoms with Crippen molar-refractivity contribution in [2.45, 2.75) is 13.0 Å². The summed E-state index contributed by atoms with van der Waals surface area (Å²) < 4.78 is 5.50. The number of carboxylic acids is 1. The number of nitrogens with one attached hydrogen (secondary N) is 1. The molecular formula is C13H14BrNO4. The lowest BCUT2D eigenvalue weighted by molar-refractivity contribution is -0.139. The molecule has 2 N–H and O–H groups in total. The van der Waals surface area contributed by atoms with Crippen LogP contribution in [0.15, 0.2) is 35.3 Å². The molecule has 1 amide bonds. The highest BCUT2D eigenvalue weighted by Crippen LogP contribution is 2.24. The van der Waals surface area contributed by atoms with Crippen molar-refractivity contribution in [1.29, 1.82) is 0 Å². The van der Waals surface area contributed by atoms with Crippen molar-refractivity contribution in [3.05, 3.63) is 46.5 Å². The summed E-state index contributed by atoms with van der Waals surface area (Å²) in [6, 6.07) is 3.99. The van der Waals surface area contributed by atoms with Crippen LogP contribution in [0.25, 0.3) is 0 Å². The van der Waals surface area contributed by atoms with Gasteiger partial charge in [0.15, 0.2) is 6.04 Å². The predicted molar refractivity (Wildman–Crippen MR) is 73.9 cm³/mol. The zero-order valence-corrected chi connectivity index (χ0v) is 11.9. The average Bonchev–Trinajstić information content (AvgIpc) is 2.37. The summed E-state index contributed by atoms with van der Waals surface area (Å²) in [5.41, 5.74) is 1.25. The van der Waals surface area contributed by atoms with E-state index < -0.39 is 18.1 Å². The fourth-order valence-corrected chi connectivity index (χ4v) is 1.89. The highest BCUT2D eigenvalue weighted by Gasteiger charge is 2.24. The van der Waals surface area contributed by atoms with Crippen LogP contribution < -0.4 is 5.32 Å². The highest BCUT2D eigenvalue weighted by molar-refractivity contribution is 9.10. The summed E-state index contributed by atoms with van der Waals surface area (Å²) in [5, 5.41) is 11.5. The predicted octanol–water partition coefficient (Wildman–Crippen LogP) is 2.80. The van der Waals surface area contributed by atoms with Crippen molar-refractivity contribution < 1.29 is 19.4 Å². The molecule has 0 aromatic heterocycles. The topological polar surface area (TPSA) is 75.6 Å². The molecule has 19 heavy (non-hydrogen) atoms. The van der Waals surface area contributed by atoms with E-state index in [9.17, 15) is 14.7 Å². The Labute approximate surface area is 119 Å². The van der Waals surface area contributed by atoms with Crippen LogP contribution in [0, 0.1) is 6.92 Å². The first kappa shape index (κ1) is 15.2. The molecule has 0 saturated heterocycles. The normalized spacial score (nSPS) is 11.5. The summed E-state index contributed by atoms with van der Waals surface area (Å²) in [6.07, 6.45) is 0.603. The number of alkyl carbamates (subject to hydrolysis) is 1. The molecule has 0 fully saturated rings. The summed E-state index contributed by atoms with van der Waals surface area (Å²) in [4.78, 5) is 22.7. The number of carbonyl (C=O) groups is 2. The van der Waals surface area contributed by atoms with Crippen LogP contribution in [0.5, 0.6) is 0 Å². The number of hydrogen-bond donors (Lipinski definition) is 2. The maximum Gasteiger partial charge on any atom is 0.408 e. The van der Waals surface area contributed by atoms with Gasteiger partial charge in [-0.15, -0.1) is 0 Å². The van der Waals surface area contributed by atoms with Gasteiger partial charge < -0.3 is 15.2 Å². The third-order valence-corrected chi connectivity index (χ3v) is 3.32. The lowest BCUT2D eigenvalue weighted by atomic mass is 10.0. The lowest BCUT2D eigenvalue weighted by Gasteiger charge is -2.17. The molecule has 1 aromatic rings. The summed E-state index contributed by atoms with van der Waals surface area (Å²) >= 11 is 3.32. The number of carbonyl (C=O) groups excluding carboxylic acids is 1. The van der Waals surface area contributed by atoms with E-state index >= 15 is 0 Å². The number of ether oxygens (including phenoxy) is 1. The van der Waals surface area contributed by atoms with Crippen LogP contribution in [-0.4, -0.2) is 23.8 Å². The van der Waals surface area contributed by atoms with Gasteiger partial charge in [0.05, 0.1) is 0 Å². The van der Waals surface area contributed by atoms with E-state index in [1.807, 2.05) is 0 Å². The Morgan fingerprint density at radius 2 is 2.26 bits per heavy atom. The first-order valence-corrected chi connectivity index (χ1v) is 6.28. The molecule has 6 heteroatoms. The quantitative estimate of drug-likeness (QED) is 0.815. The van der Waals surface area contributed by atoms with E-state index in [4.69, 9.17) is 4.74 Å². The zero-order chi connectivity index (χ0) is 14.4. The van der Waals surface area contributed by atoms with Crippen LogP contribution >= 0.6 is 15.9 Å². The number of benzene rings is 1. The third kappa shape index (κ3) is 4.10. The van der Waals surface area contributed by atoms with Crippen LogP contribution in [0.1, 0.15) is 17.2 Å². The van der Waals surface area contributed by atoms with Gasteiger partial charge in [-0.25, -0.2) is 9.59 Å². The lowest BCUT2D eigenvalue weighted by Crippen LogP contribution is -2.34. The minimum Gasteiger partial charge on any atom is -0.479 e. The Hall–Kier alpha value is -1.82. The fraction of sp³-hybridized carbons (Fsp3) is 0.231. The molecule has 0 bridgehead atoms. The smallest absolute Gasteiger partial charge is 0.408 e. The molecule has 0 aliphatic carbocycles. The Kier molecular flexibility index (Phi) is 5.57. The van der Waals surface area contributed by atoms with Gasteiger partial charge >= 0.3 is 12.1 Å². The van der Waals surface area contributed by atoms with E-state index in [1.165, 1.54) is 6.08 Å². The Morgan fingerprint density at radius 3 is 2.84 bits per heavy atom. The van der Waals surface area contributed by atoms with Crippen molar-refractivity contribution in [2.75, 3.05) is 6.61 Å². The van der Waals surface area contributed by atoms with Crippen LogP contribution in [-0.2, 0) is 9.53 Å². The van der Waals surface area contributed by atoms with Gasteiger partial charge in [0, 0.05) is 4.47 Å². The maximum atomic E-state index is 11.4. The summed E-state index contributed by atoms with van der Waals surface area (Å²) in [6.45, 7) is 5.20. The molecule has 0 spiro atoms. The first-order valence-electron chi connectivity index (χ1n) is 5.49. The third-order valence-electron chi connectivity index (χ3n) is 2.46. The van der Waals surface area contributed by atoms with E-state index in [2.05, 4.69) is 27.8 Å². The number of amides is 1. The molecule has 0 aliphatic rings. The van der Waals surface area contributed by atoms with E-state index in [-0.39, 0.29) is 6.61 Å². The van der Waals surface area contributed by atoms with Crippen LogP contribution in [0.2, 0.25) is 0 Å². The van der Waals surface area contributed by atoms with Gasteiger partial charge in [-0.05, 0) is 24.1 Å². The zero-order valence-electron chi connectivity index (χ0n) is 10.4. The molecular weight excluding hydrogens is 314 g/mol. The number of aliphatic carboxylic acids is 1. The molecule has 0 radical (unpaired) electrons. The molecule has 5 nitrogen and oxygen atoms in total. The van der Waals surface area contributed by atoms with Crippen LogP contribution in [0.3, 0.4) is 0 Å². The number of halogens is 1. The van der Waals surface area contributed by atoms with Crippen molar-refractivity contribution in [3.8, 4) is 0 Å². The van der Waals surface area contributed by atoms with Crippen molar-refractivity contribution in [1.82, 2.24) is 5.32 Å². The maximum absolute atomic E-state index is 11.4. The largest absolute Gasteiger partial charge is 0.479 e. The number of carboxylic acid groups (broad SMARTS) is 1. The molecule has 0 saturated carbocycles. The second kappa shape index (κ2) is 6.94. The average molecular weight is 328 g/mol. The molecule has 0 aliphatic heterocycles. The molecule has 102 valence electrons.